The number of azo groups is 1. The van der Waals surface area contributed by atoms with Crippen molar-refractivity contribution in [3.63, 3.8) is 0 Å². The number of rotatable bonds is 4. The monoisotopic (exact) mass is 313 g/mol. The number of carbonyl (C=O) groups is 2. The molecule has 0 spiro atoms. The second-order valence-electron chi connectivity index (χ2n) is 4.91. The van der Waals surface area contributed by atoms with Crippen molar-refractivity contribution in [3.05, 3.63) is 47.5 Å². The van der Waals surface area contributed by atoms with Crippen LogP contribution >= 0.6 is 0 Å². The molecule has 0 aromatic heterocycles. The molecule has 0 saturated carbocycles. The van der Waals surface area contributed by atoms with E-state index >= 15 is 0 Å². The summed E-state index contributed by atoms with van der Waals surface area (Å²) in [6, 6.07) is 9.53. The van der Waals surface area contributed by atoms with Gasteiger partial charge in [0.25, 0.3) is 0 Å². The second kappa shape index (κ2) is 6.69. The van der Waals surface area contributed by atoms with Crippen LogP contribution in [0.5, 0.6) is 5.75 Å². The fourth-order valence-electron chi connectivity index (χ4n) is 1.84. The molecule has 0 heterocycles. The highest BCUT2D eigenvalue weighted by Gasteiger charge is 2.15. The van der Waals surface area contributed by atoms with Gasteiger partial charge in [0, 0.05) is 13.0 Å². The van der Waals surface area contributed by atoms with Crippen molar-refractivity contribution in [1.82, 2.24) is 0 Å². The highest BCUT2D eigenvalue weighted by molar-refractivity contribution is 5.97. The summed E-state index contributed by atoms with van der Waals surface area (Å²) in [6.07, 6.45) is 0. The lowest BCUT2D eigenvalue weighted by atomic mass is 10.1. The Hall–Kier alpha value is -3.22. The molecule has 0 saturated heterocycles. The molecule has 0 bridgehead atoms. The molecule has 2 aromatic rings. The molecule has 0 atom stereocenters. The number of nitrogens with one attached hydrogen (secondary N) is 1. The average Bonchev–Trinajstić information content (AvgIpc) is 2.47. The van der Waals surface area contributed by atoms with Gasteiger partial charge in [-0.05, 0) is 25.1 Å². The number of aryl methyl sites for hydroxylation is 1. The van der Waals surface area contributed by atoms with E-state index in [0.717, 1.165) is 17.7 Å². The summed E-state index contributed by atoms with van der Waals surface area (Å²) in [5.74, 6) is -2.14. The third kappa shape index (κ3) is 4.13. The minimum absolute atomic E-state index is 0.135. The lowest BCUT2D eigenvalue weighted by Crippen LogP contribution is -2.07. The molecule has 0 aliphatic carbocycles. The highest BCUT2D eigenvalue weighted by atomic mass is 16.4. The number of nitrogens with zero attached hydrogens (tertiary/aromatic N) is 2. The van der Waals surface area contributed by atoms with Crippen LogP contribution in [0.15, 0.2) is 46.6 Å². The Labute approximate surface area is 132 Å². The summed E-state index contributed by atoms with van der Waals surface area (Å²) in [7, 11) is 0. The number of benzene rings is 2. The van der Waals surface area contributed by atoms with Crippen LogP contribution in [0.4, 0.5) is 17.1 Å². The molecular weight excluding hydrogens is 298 g/mol. The first-order chi connectivity index (χ1) is 10.9. The molecule has 2 rings (SSSR count). The maximum atomic E-state index is 11.2. The zero-order valence-corrected chi connectivity index (χ0v) is 12.6. The number of carboxylic acid groups (broad SMARTS) is 1. The number of carboxylic acids is 1. The van der Waals surface area contributed by atoms with E-state index in [1.807, 2.05) is 19.1 Å². The van der Waals surface area contributed by atoms with E-state index in [9.17, 15) is 14.7 Å². The van der Waals surface area contributed by atoms with Crippen molar-refractivity contribution in [2.75, 3.05) is 5.32 Å². The van der Waals surface area contributed by atoms with Crippen molar-refractivity contribution < 1.29 is 19.8 Å². The summed E-state index contributed by atoms with van der Waals surface area (Å²) < 4.78 is 0. The summed E-state index contributed by atoms with van der Waals surface area (Å²) >= 11 is 0. The maximum absolute atomic E-state index is 11.2. The van der Waals surface area contributed by atoms with Gasteiger partial charge in [-0.15, -0.1) is 5.11 Å². The Morgan fingerprint density at radius 1 is 1.09 bits per heavy atom. The maximum Gasteiger partial charge on any atom is 0.339 e. The Bertz CT molecular complexity index is 783. The molecule has 7 nitrogen and oxygen atoms in total. The van der Waals surface area contributed by atoms with Crippen LogP contribution in [-0.2, 0) is 4.79 Å². The van der Waals surface area contributed by atoms with Gasteiger partial charge in [-0.25, -0.2) is 4.79 Å². The predicted molar refractivity (Wildman–Crippen MR) is 84.7 cm³/mol. The molecule has 0 aliphatic rings. The van der Waals surface area contributed by atoms with Crippen LogP contribution in [0.1, 0.15) is 22.8 Å². The molecule has 118 valence electrons. The molecule has 0 unspecified atom stereocenters. The van der Waals surface area contributed by atoms with Gasteiger partial charge in [0.05, 0.1) is 11.4 Å². The number of hydrogen-bond acceptors (Lipinski definition) is 5. The average molecular weight is 313 g/mol. The molecule has 3 N–H and O–H groups in total. The van der Waals surface area contributed by atoms with E-state index in [-0.39, 0.29) is 22.8 Å². The van der Waals surface area contributed by atoms with Gasteiger partial charge in [0.1, 0.15) is 17.0 Å². The summed E-state index contributed by atoms with van der Waals surface area (Å²) in [5, 5.41) is 29.2. The van der Waals surface area contributed by atoms with Crippen molar-refractivity contribution in [3.8, 4) is 5.75 Å². The smallest absolute Gasteiger partial charge is 0.339 e. The molecule has 0 radical (unpaired) electrons. The van der Waals surface area contributed by atoms with E-state index < -0.39 is 11.7 Å². The number of carbonyl (C=O) groups excluding carboxylic acids is 1. The van der Waals surface area contributed by atoms with E-state index in [1.54, 1.807) is 12.1 Å². The lowest BCUT2D eigenvalue weighted by molar-refractivity contribution is -0.114. The van der Waals surface area contributed by atoms with Crippen LogP contribution < -0.4 is 5.32 Å². The first kappa shape index (κ1) is 16.2. The first-order valence-corrected chi connectivity index (χ1v) is 6.73. The zero-order valence-electron chi connectivity index (χ0n) is 12.6. The van der Waals surface area contributed by atoms with Gasteiger partial charge < -0.3 is 15.5 Å². The van der Waals surface area contributed by atoms with E-state index in [4.69, 9.17) is 5.11 Å². The van der Waals surface area contributed by atoms with E-state index in [0.29, 0.717) is 5.69 Å². The quantitative estimate of drug-likeness (QED) is 0.746. The standard InChI is InChI=1S/C16H15N3O4/c1-9-3-5-11(6-4-9)18-19-14-7-12(16(22)23)15(21)8-13(14)17-10(2)20/h3-8,21H,1-2H3,(H,17,20)(H,22,23). The van der Waals surface area contributed by atoms with Gasteiger partial charge in [-0.1, -0.05) is 17.7 Å². The van der Waals surface area contributed by atoms with E-state index in [1.165, 1.54) is 6.92 Å². The van der Waals surface area contributed by atoms with Gasteiger partial charge in [0.2, 0.25) is 5.91 Å². The molecule has 7 heteroatoms. The highest BCUT2D eigenvalue weighted by Crippen LogP contribution is 2.34. The number of amides is 1. The number of aromatic hydroxyl groups is 1. The third-order valence-corrected chi connectivity index (χ3v) is 2.96. The van der Waals surface area contributed by atoms with Crippen LogP contribution in [0, 0.1) is 6.92 Å². The Balaban J connectivity index is 2.44. The Morgan fingerprint density at radius 3 is 2.30 bits per heavy atom. The number of anilines is 1. The minimum atomic E-state index is -1.30. The molecule has 0 aliphatic heterocycles. The fourth-order valence-corrected chi connectivity index (χ4v) is 1.84. The van der Waals surface area contributed by atoms with Crippen LogP contribution in [0.25, 0.3) is 0 Å². The Morgan fingerprint density at radius 2 is 1.74 bits per heavy atom. The molecule has 23 heavy (non-hydrogen) atoms. The molecule has 2 aromatic carbocycles. The minimum Gasteiger partial charge on any atom is -0.507 e. The van der Waals surface area contributed by atoms with Gasteiger partial charge in [-0.2, -0.15) is 5.11 Å². The molecule has 0 fully saturated rings. The van der Waals surface area contributed by atoms with Crippen LogP contribution in [0.2, 0.25) is 0 Å². The first-order valence-electron chi connectivity index (χ1n) is 6.73. The van der Waals surface area contributed by atoms with Crippen molar-refractivity contribution in [2.45, 2.75) is 13.8 Å². The van der Waals surface area contributed by atoms with Crippen LogP contribution in [0.3, 0.4) is 0 Å². The van der Waals surface area contributed by atoms with Gasteiger partial charge >= 0.3 is 5.97 Å². The predicted octanol–water partition coefficient (Wildman–Crippen LogP) is 3.77. The van der Waals surface area contributed by atoms with E-state index in [2.05, 4.69) is 15.5 Å². The number of hydrogen-bond donors (Lipinski definition) is 3. The molecule has 1 amide bonds. The van der Waals surface area contributed by atoms with Crippen molar-refractivity contribution in [1.29, 1.82) is 0 Å². The fraction of sp³-hybridized carbons (Fsp3) is 0.125. The SMILES string of the molecule is CC(=O)Nc1cc(O)c(C(=O)O)cc1N=Nc1ccc(C)cc1. The summed E-state index contributed by atoms with van der Waals surface area (Å²) in [5.41, 5.74) is 1.64. The number of phenols is 1. The van der Waals surface area contributed by atoms with Gasteiger partial charge in [0.15, 0.2) is 0 Å². The Kier molecular flexibility index (Phi) is 4.70. The third-order valence-electron chi connectivity index (χ3n) is 2.96. The van der Waals surface area contributed by atoms with Crippen molar-refractivity contribution >= 4 is 28.9 Å². The summed E-state index contributed by atoms with van der Waals surface area (Å²) in [4.78, 5) is 22.3. The summed E-state index contributed by atoms with van der Waals surface area (Å²) in [6.45, 7) is 3.23. The largest absolute Gasteiger partial charge is 0.507 e. The van der Waals surface area contributed by atoms with Gasteiger partial charge in [-0.3, -0.25) is 4.79 Å². The second-order valence-corrected chi connectivity index (χ2v) is 4.91. The lowest BCUT2D eigenvalue weighted by Gasteiger charge is -2.08. The van der Waals surface area contributed by atoms with Crippen molar-refractivity contribution in [2.24, 2.45) is 10.2 Å². The number of aromatic carboxylic acids is 1. The molecular formula is C16H15N3O4. The van der Waals surface area contributed by atoms with Crippen LogP contribution in [-0.4, -0.2) is 22.1 Å². The normalized spacial score (nSPS) is 10.7. The zero-order chi connectivity index (χ0) is 17.0. The topological polar surface area (TPSA) is 111 Å².